The predicted octanol–water partition coefficient (Wildman–Crippen LogP) is 1.51. The summed E-state index contributed by atoms with van der Waals surface area (Å²) in [6, 6.07) is 10.0. The fourth-order valence-corrected chi connectivity index (χ4v) is 1.39. The Balaban J connectivity index is 2.60. The molecule has 0 spiro atoms. The highest BCUT2D eigenvalue weighted by atomic mass is 16.4. The van der Waals surface area contributed by atoms with E-state index in [4.69, 9.17) is 10.9 Å². The minimum absolute atomic E-state index is 0.0280. The summed E-state index contributed by atoms with van der Waals surface area (Å²) in [6.07, 6.45) is 0. The summed E-state index contributed by atoms with van der Waals surface area (Å²) in [7, 11) is 1.98. The van der Waals surface area contributed by atoms with Crippen molar-refractivity contribution in [1.82, 2.24) is 0 Å². The third-order valence-corrected chi connectivity index (χ3v) is 2.37. The topological polar surface area (TPSA) is 61.8 Å². The van der Waals surface area contributed by atoms with E-state index in [-0.39, 0.29) is 11.8 Å². The number of rotatable bonds is 4. The Morgan fingerprint density at radius 2 is 2.07 bits per heavy atom. The normalized spacial score (nSPS) is 13.6. The highest BCUT2D eigenvalue weighted by Crippen LogP contribution is 2.12. The van der Waals surface area contributed by atoms with Gasteiger partial charge in [0.25, 0.3) is 0 Å². The molecule has 0 aliphatic rings. The minimum atomic E-state index is 0.0280. The Morgan fingerprint density at radius 1 is 1.47 bits per heavy atom. The summed E-state index contributed by atoms with van der Waals surface area (Å²) < 4.78 is 0. The summed E-state index contributed by atoms with van der Waals surface area (Å²) in [6.45, 7) is 2.65. The average molecular weight is 207 g/mol. The van der Waals surface area contributed by atoms with Crippen molar-refractivity contribution in [2.45, 2.75) is 6.92 Å². The van der Waals surface area contributed by atoms with Crippen molar-refractivity contribution in [1.29, 1.82) is 0 Å². The van der Waals surface area contributed by atoms with Gasteiger partial charge in [-0.2, -0.15) is 0 Å². The van der Waals surface area contributed by atoms with Crippen molar-refractivity contribution in [3.63, 3.8) is 0 Å². The summed E-state index contributed by atoms with van der Waals surface area (Å²) in [5.41, 5.74) is 6.64. The van der Waals surface area contributed by atoms with Gasteiger partial charge in [0.15, 0.2) is 0 Å². The van der Waals surface area contributed by atoms with Crippen LogP contribution in [-0.2, 0) is 0 Å². The maximum Gasteiger partial charge on any atom is 0.143 e. The predicted molar refractivity (Wildman–Crippen MR) is 62.3 cm³/mol. The number of hydrogen-bond donors (Lipinski definition) is 2. The summed E-state index contributed by atoms with van der Waals surface area (Å²) in [5, 5.41) is 11.5. The van der Waals surface area contributed by atoms with Gasteiger partial charge in [0.2, 0.25) is 0 Å². The molecule has 4 heteroatoms. The molecule has 0 heterocycles. The van der Waals surface area contributed by atoms with Gasteiger partial charge in [-0.25, -0.2) is 0 Å². The molecule has 0 saturated heterocycles. The molecule has 4 nitrogen and oxygen atoms in total. The van der Waals surface area contributed by atoms with Gasteiger partial charge in [-0.3, -0.25) is 0 Å². The van der Waals surface area contributed by atoms with Crippen LogP contribution in [-0.4, -0.2) is 24.6 Å². The lowest BCUT2D eigenvalue weighted by Gasteiger charge is -2.22. The first-order chi connectivity index (χ1) is 7.15. The second-order valence-electron chi connectivity index (χ2n) is 3.64. The van der Waals surface area contributed by atoms with Gasteiger partial charge in [-0.1, -0.05) is 30.3 Å². The average Bonchev–Trinajstić information content (AvgIpc) is 2.29. The van der Waals surface area contributed by atoms with Crippen molar-refractivity contribution in [3.8, 4) is 0 Å². The molecule has 0 radical (unpaired) electrons. The summed E-state index contributed by atoms with van der Waals surface area (Å²) >= 11 is 0. The van der Waals surface area contributed by atoms with E-state index in [0.717, 1.165) is 12.2 Å². The Labute approximate surface area is 90.0 Å². The molecule has 82 valence electrons. The highest BCUT2D eigenvalue weighted by Gasteiger charge is 2.10. The SMILES string of the molecule is CC(CN(C)c1ccccc1)/C(N)=N/O. The number of benzene rings is 1. The molecule has 0 fully saturated rings. The Morgan fingerprint density at radius 3 is 2.60 bits per heavy atom. The number of nitrogens with zero attached hydrogens (tertiary/aromatic N) is 2. The molecule has 1 aromatic carbocycles. The maximum atomic E-state index is 8.53. The number of para-hydroxylation sites is 1. The smallest absolute Gasteiger partial charge is 0.143 e. The van der Waals surface area contributed by atoms with Crippen LogP contribution in [0.25, 0.3) is 0 Å². The van der Waals surface area contributed by atoms with E-state index < -0.39 is 0 Å². The third-order valence-electron chi connectivity index (χ3n) is 2.37. The largest absolute Gasteiger partial charge is 0.409 e. The van der Waals surface area contributed by atoms with E-state index in [1.165, 1.54) is 0 Å². The van der Waals surface area contributed by atoms with Gasteiger partial charge in [0, 0.05) is 25.2 Å². The molecule has 0 amide bonds. The molecule has 1 aromatic rings. The van der Waals surface area contributed by atoms with E-state index >= 15 is 0 Å². The first kappa shape index (κ1) is 11.4. The molecule has 1 unspecified atom stereocenters. The van der Waals surface area contributed by atoms with E-state index in [9.17, 15) is 0 Å². The zero-order chi connectivity index (χ0) is 11.3. The second-order valence-corrected chi connectivity index (χ2v) is 3.64. The number of amidine groups is 1. The second kappa shape index (κ2) is 5.24. The Bertz CT molecular complexity index is 324. The van der Waals surface area contributed by atoms with Crippen molar-refractivity contribution >= 4 is 11.5 Å². The molecule has 0 aromatic heterocycles. The van der Waals surface area contributed by atoms with Crippen LogP contribution < -0.4 is 10.6 Å². The van der Waals surface area contributed by atoms with Crippen molar-refractivity contribution in [3.05, 3.63) is 30.3 Å². The van der Waals surface area contributed by atoms with Crippen LogP contribution in [0.5, 0.6) is 0 Å². The highest BCUT2D eigenvalue weighted by molar-refractivity contribution is 5.82. The molecule has 15 heavy (non-hydrogen) atoms. The van der Waals surface area contributed by atoms with Crippen molar-refractivity contribution in [2.24, 2.45) is 16.8 Å². The van der Waals surface area contributed by atoms with Crippen LogP contribution in [0.4, 0.5) is 5.69 Å². The van der Waals surface area contributed by atoms with Crippen LogP contribution in [0.2, 0.25) is 0 Å². The third kappa shape index (κ3) is 3.16. The van der Waals surface area contributed by atoms with Crippen LogP contribution in [0, 0.1) is 5.92 Å². The number of oxime groups is 1. The van der Waals surface area contributed by atoms with Gasteiger partial charge < -0.3 is 15.8 Å². The van der Waals surface area contributed by atoms with Crippen LogP contribution >= 0.6 is 0 Å². The summed E-state index contributed by atoms with van der Waals surface area (Å²) in [4.78, 5) is 2.07. The van der Waals surface area contributed by atoms with E-state index in [0.29, 0.717) is 0 Å². The molecule has 1 atom stereocenters. The fraction of sp³-hybridized carbons (Fsp3) is 0.364. The minimum Gasteiger partial charge on any atom is -0.409 e. The first-order valence-corrected chi connectivity index (χ1v) is 4.88. The molecular formula is C11H17N3O. The maximum absolute atomic E-state index is 8.53. The van der Waals surface area contributed by atoms with Gasteiger partial charge in [0.1, 0.15) is 5.84 Å². The van der Waals surface area contributed by atoms with Crippen LogP contribution in [0.3, 0.4) is 0 Å². The number of nitrogens with two attached hydrogens (primary N) is 1. The molecular weight excluding hydrogens is 190 g/mol. The van der Waals surface area contributed by atoms with Crippen molar-refractivity contribution < 1.29 is 5.21 Å². The summed E-state index contributed by atoms with van der Waals surface area (Å²) in [5.74, 6) is 0.290. The zero-order valence-electron chi connectivity index (χ0n) is 9.09. The fourth-order valence-electron chi connectivity index (χ4n) is 1.39. The zero-order valence-corrected chi connectivity index (χ0v) is 9.09. The number of hydrogen-bond acceptors (Lipinski definition) is 3. The molecule has 0 aliphatic heterocycles. The molecule has 3 N–H and O–H groups in total. The molecule has 0 saturated carbocycles. The molecule has 0 aliphatic carbocycles. The van der Waals surface area contributed by atoms with Gasteiger partial charge in [-0.05, 0) is 12.1 Å². The van der Waals surface area contributed by atoms with Gasteiger partial charge in [-0.15, -0.1) is 0 Å². The Hall–Kier alpha value is -1.71. The van der Waals surface area contributed by atoms with Gasteiger partial charge in [0.05, 0.1) is 0 Å². The van der Waals surface area contributed by atoms with E-state index in [1.807, 2.05) is 44.3 Å². The van der Waals surface area contributed by atoms with E-state index in [1.54, 1.807) is 0 Å². The molecule has 0 bridgehead atoms. The standard InChI is InChI=1S/C11H17N3O/c1-9(11(12)13-15)8-14(2)10-6-4-3-5-7-10/h3-7,9,15H,8H2,1-2H3,(H2,12,13). The Kier molecular flexibility index (Phi) is 3.97. The van der Waals surface area contributed by atoms with Crippen LogP contribution in [0.15, 0.2) is 35.5 Å². The van der Waals surface area contributed by atoms with Gasteiger partial charge >= 0.3 is 0 Å². The quantitative estimate of drug-likeness (QED) is 0.340. The lowest BCUT2D eigenvalue weighted by Crippen LogP contribution is -2.32. The number of anilines is 1. The molecule has 1 rings (SSSR count). The van der Waals surface area contributed by atoms with Crippen LogP contribution in [0.1, 0.15) is 6.92 Å². The first-order valence-electron chi connectivity index (χ1n) is 4.88. The lowest BCUT2D eigenvalue weighted by molar-refractivity contribution is 0.314. The monoisotopic (exact) mass is 207 g/mol. The lowest BCUT2D eigenvalue weighted by atomic mass is 10.1. The van der Waals surface area contributed by atoms with Crippen molar-refractivity contribution in [2.75, 3.05) is 18.5 Å². The van der Waals surface area contributed by atoms with E-state index in [2.05, 4.69) is 10.1 Å².